The highest BCUT2D eigenvalue weighted by atomic mass is 16.6. The molecule has 3 N–H and O–H groups in total. The summed E-state index contributed by atoms with van der Waals surface area (Å²) in [6.45, 7) is 11.6. The van der Waals surface area contributed by atoms with Crippen LogP contribution >= 0.6 is 0 Å². The number of carbonyl (C=O) groups excluding carboxylic acids is 3. The molecule has 8 nitrogen and oxygen atoms in total. The number of rotatable bonds is 4. The first-order valence-electron chi connectivity index (χ1n) is 12.2. The van der Waals surface area contributed by atoms with Gasteiger partial charge in [0, 0.05) is 29.7 Å². The third-order valence-corrected chi connectivity index (χ3v) is 9.32. The van der Waals surface area contributed by atoms with Gasteiger partial charge in [0.15, 0.2) is 5.78 Å². The molecule has 0 aromatic heterocycles. The van der Waals surface area contributed by atoms with Crippen LogP contribution in [-0.4, -0.2) is 63.1 Å². The molecular weight excluding hydrogens is 452 g/mol. The Morgan fingerprint density at radius 2 is 1.83 bits per heavy atom. The van der Waals surface area contributed by atoms with Gasteiger partial charge in [-0.3, -0.25) is 9.59 Å². The standard InChI is InChI=1S/C27H36O8/c1-8-13(2)23(32)34-12-17-9-18-19-24(6,7)26(19,35-16(5)28)11-15(4)25(22(18)31)10-14(3)20(29)27(25,33)21(17)30/h8-10,15,18-21,29-30,33H,11-12H2,1-7H3/b13-8+/t15-,18+,19-,20+,21-,25+,26+,27-/m1/s1. The minimum absolute atomic E-state index is 0.139. The summed E-state index contributed by atoms with van der Waals surface area (Å²) >= 11 is 0. The molecule has 2 saturated carbocycles. The summed E-state index contributed by atoms with van der Waals surface area (Å²) < 4.78 is 11.3. The Hall–Kier alpha value is -2.29. The molecule has 2 fully saturated rings. The summed E-state index contributed by atoms with van der Waals surface area (Å²) in [6, 6.07) is 0. The molecule has 0 radical (unpaired) electrons. The van der Waals surface area contributed by atoms with Crippen LogP contribution in [0.1, 0.15) is 54.9 Å². The normalized spacial score (nSPS) is 43.7. The number of carbonyl (C=O) groups is 3. The van der Waals surface area contributed by atoms with Gasteiger partial charge in [0.05, 0.1) is 5.41 Å². The van der Waals surface area contributed by atoms with E-state index in [9.17, 15) is 29.7 Å². The van der Waals surface area contributed by atoms with E-state index >= 15 is 0 Å². The monoisotopic (exact) mass is 488 g/mol. The van der Waals surface area contributed by atoms with Gasteiger partial charge in [0.25, 0.3) is 0 Å². The minimum atomic E-state index is -2.27. The van der Waals surface area contributed by atoms with Crippen molar-refractivity contribution in [2.45, 2.75) is 78.3 Å². The van der Waals surface area contributed by atoms with Gasteiger partial charge in [-0.15, -0.1) is 0 Å². The molecule has 0 heterocycles. The highest BCUT2D eigenvalue weighted by Crippen LogP contribution is 2.75. The van der Waals surface area contributed by atoms with Crippen LogP contribution in [0.5, 0.6) is 0 Å². The molecule has 0 amide bonds. The average molecular weight is 489 g/mol. The van der Waals surface area contributed by atoms with Gasteiger partial charge < -0.3 is 24.8 Å². The van der Waals surface area contributed by atoms with Gasteiger partial charge in [0.2, 0.25) is 0 Å². The Bertz CT molecular complexity index is 1080. The molecule has 8 atom stereocenters. The van der Waals surface area contributed by atoms with Crippen molar-refractivity contribution in [1.29, 1.82) is 0 Å². The zero-order valence-corrected chi connectivity index (χ0v) is 21.4. The van der Waals surface area contributed by atoms with Gasteiger partial charge in [-0.05, 0) is 44.3 Å². The first-order chi connectivity index (χ1) is 16.1. The first kappa shape index (κ1) is 25.8. The third kappa shape index (κ3) is 3.06. The maximum absolute atomic E-state index is 14.4. The van der Waals surface area contributed by atoms with E-state index in [2.05, 4.69) is 0 Å². The van der Waals surface area contributed by atoms with Crippen molar-refractivity contribution in [2.75, 3.05) is 6.61 Å². The lowest BCUT2D eigenvalue weighted by molar-refractivity contribution is -0.192. The lowest BCUT2D eigenvalue weighted by atomic mass is 9.59. The number of hydrogen-bond acceptors (Lipinski definition) is 8. The van der Waals surface area contributed by atoms with Crippen LogP contribution in [0.25, 0.3) is 0 Å². The highest BCUT2D eigenvalue weighted by Gasteiger charge is 2.83. The molecule has 35 heavy (non-hydrogen) atoms. The lowest BCUT2D eigenvalue weighted by Gasteiger charge is -2.48. The molecule has 4 rings (SSSR count). The first-order valence-corrected chi connectivity index (χ1v) is 12.2. The summed E-state index contributed by atoms with van der Waals surface area (Å²) in [4.78, 5) is 38.8. The summed E-state index contributed by atoms with van der Waals surface area (Å²) in [6.07, 6.45) is 1.87. The van der Waals surface area contributed by atoms with E-state index in [-0.39, 0.29) is 24.4 Å². The van der Waals surface area contributed by atoms with Crippen LogP contribution in [0.4, 0.5) is 0 Å². The van der Waals surface area contributed by atoms with E-state index in [1.807, 2.05) is 13.8 Å². The summed E-state index contributed by atoms with van der Waals surface area (Å²) in [5.41, 5.74) is -4.48. The van der Waals surface area contributed by atoms with Crippen LogP contribution < -0.4 is 0 Å². The van der Waals surface area contributed by atoms with E-state index in [0.717, 1.165) is 0 Å². The van der Waals surface area contributed by atoms with Crippen molar-refractivity contribution in [3.8, 4) is 0 Å². The number of aliphatic hydroxyl groups excluding tert-OH is 2. The Balaban J connectivity index is 1.90. The molecule has 2 bridgehead atoms. The molecule has 4 aliphatic carbocycles. The zero-order valence-electron chi connectivity index (χ0n) is 21.4. The SMILES string of the molecule is C/C=C(\C)C(=O)OCC1=C[C@@H]2C(=O)[C@]3(C=C(C)[C@H](O)[C@@]3(O)[C@@H]1O)[C@H](C)C[C@]1(OC(C)=O)[C@H]2C1(C)C. The summed E-state index contributed by atoms with van der Waals surface area (Å²) in [5, 5.41) is 34.7. The highest BCUT2D eigenvalue weighted by molar-refractivity contribution is 5.96. The lowest BCUT2D eigenvalue weighted by Crippen LogP contribution is -2.65. The Morgan fingerprint density at radius 1 is 1.20 bits per heavy atom. The van der Waals surface area contributed by atoms with E-state index in [1.54, 1.807) is 45.9 Å². The topological polar surface area (TPSA) is 130 Å². The van der Waals surface area contributed by atoms with E-state index < -0.39 is 63.9 Å². The van der Waals surface area contributed by atoms with Crippen molar-refractivity contribution in [3.05, 3.63) is 34.9 Å². The van der Waals surface area contributed by atoms with E-state index in [4.69, 9.17) is 9.47 Å². The number of ketones is 1. The maximum atomic E-state index is 14.4. The van der Waals surface area contributed by atoms with Crippen molar-refractivity contribution in [3.63, 3.8) is 0 Å². The third-order valence-electron chi connectivity index (χ3n) is 9.32. The smallest absolute Gasteiger partial charge is 0.333 e. The summed E-state index contributed by atoms with van der Waals surface area (Å²) in [5.74, 6) is -3.19. The zero-order chi connectivity index (χ0) is 26.3. The molecule has 1 spiro atoms. The van der Waals surface area contributed by atoms with Crippen LogP contribution in [-0.2, 0) is 23.9 Å². The predicted molar refractivity (Wildman–Crippen MR) is 126 cm³/mol. The fourth-order valence-corrected chi connectivity index (χ4v) is 7.35. The number of allylic oxidation sites excluding steroid dienone is 2. The van der Waals surface area contributed by atoms with Gasteiger partial charge in [-0.25, -0.2) is 4.79 Å². The maximum Gasteiger partial charge on any atom is 0.333 e. The van der Waals surface area contributed by atoms with Crippen LogP contribution in [0.2, 0.25) is 0 Å². The second-order valence-electron chi connectivity index (χ2n) is 11.4. The molecule has 4 aliphatic rings. The van der Waals surface area contributed by atoms with Crippen molar-refractivity contribution in [2.24, 2.45) is 28.6 Å². The van der Waals surface area contributed by atoms with Crippen molar-refractivity contribution >= 4 is 17.7 Å². The molecule has 0 saturated heterocycles. The molecule has 8 heteroatoms. The van der Waals surface area contributed by atoms with Gasteiger partial charge in [-0.1, -0.05) is 39.0 Å². The minimum Gasteiger partial charge on any atom is -0.458 e. The Labute approximate surface area is 205 Å². The summed E-state index contributed by atoms with van der Waals surface area (Å²) in [7, 11) is 0. The van der Waals surface area contributed by atoms with Crippen LogP contribution in [0, 0.1) is 28.6 Å². The quantitative estimate of drug-likeness (QED) is 0.311. The fraction of sp³-hybridized carbons (Fsp3) is 0.667. The number of aliphatic hydroxyl groups is 3. The Kier molecular flexibility index (Phi) is 5.79. The number of ether oxygens (including phenoxy) is 2. The molecule has 192 valence electrons. The number of esters is 2. The number of hydrogen-bond donors (Lipinski definition) is 3. The van der Waals surface area contributed by atoms with E-state index in [0.29, 0.717) is 11.1 Å². The van der Waals surface area contributed by atoms with Crippen molar-refractivity contribution < 1.29 is 39.2 Å². The molecular formula is C27H36O8. The van der Waals surface area contributed by atoms with Crippen LogP contribution in [0.3, 0.4) is 0 Å². The van der Waals surface area contributed by atoms with E-state index in [1.165, 1.54) is 6.92 Å². The largest absolute Gasteiger partial charge is 0.458 e. The fourth-order valence-electron chi connectivity index (χ4n) is 7.35. The van der Waals surface area contributed by atoms with Gasteiger partial charge in [-0.2, -0.15) is 0 Å². The van der Waals surface area contributed by atoms with Crippen molar-refractivity contribution in [1.82, 2.24) is 0 Å². The molecule has 0 unspecified atom stereocenters. The average Bonchev–Trinajstić information content (AvgIpc) is 3.19. The van der Waals surface area contributed by atoms with Gasteiger partial charge >= 0.3 is 11.9 Å². The second kappa shape index (κ2) is 7.85. The second-order valence-corrected chi connectivity index (χ2v) is 11.4. The number of fused-ring (bicyclic) bond motifs is 3. The predicted octanol–water partition coefficient (Wildman–Crippen LogP) is 2.02. The van der Waals surface area contributed by atoms with Gasteiger partial charge in [0.1, 0.15) is 30.0 Å². The Morgan fingerprint density at radius 3 is 2.40 bits per heavy atom. The molecule has 0 aliphatic heterocycles. The van der Waals surface area contributed by atoms with Crippen LogP contribution in [0.15, 0.2) is 34.9 Å². The number of Topliss-reactive ketones (excluding diaryl/α,β-unsaturated/α-hetero) is 1. The molecule has 0 aromatic rings. The molecule has 0 aromatic carbocycles.